The molecule has 0 unspecified atom stereocenters. The van der Waals surface area contributed by atoms with E-state index in [-0.39, 0.29) is 141 Å². The predicted octanol–water partition coefficient (Wildman–Crippen LogP) is -8.90. The van der Waals surface area contributed by atoms with Crippen LogP contribution in [0.15, 0.2) is 0 Å². The molecule has 0 aromatic rings. The van der Waals surface area contributed by atoms with Crippen LogP contribution in [0.3, 0.4) is 0 Å². The number of rotatable bonds is 0. The predicted molar refractivity (Wildman–Crippen MR) is 60.2 cm³/mol. The average molecular weight is 405 g/mol. The van der Waals surface area contributed by atoms with Crippen LogP contribution in [0, 0.1) is 0 Å². The molecular formula is C2H13Cl3Na3O8S2. The Balaban J connectivity index is -0.00000000615. The van der Waals surface area contributed by atoms with E-state index in [4.69, 9.17) is 35.0 Å². The average Bonchev–Trinajstić information content (AvgIpc) is 1.12. The Morgan fingerprint density at radius 1 is 0.778 bits per heavy atom. The Morgan fingerprint density at radius 3 is 0.778 bits per heavy atom. The van der Waals surface area contributed by atoms with Crippen molar-refractivity contribution in [3.05, 3.63) is 0 Å². The van der Waals surface area contributed by atoms with Crippen molar-refractivity contribution in [3.8, 4) is 0 Å². The van der Waals surface area contributed by atoms with Gasteiger partial charge < -0.3 is 17.0 Å². The number of hydrogen-bond acceptors (Lipinski definition) is 5. The van der Waals surface area contributed by atoms with E-state index in [1.165, 1.54) is 0 Å². The molecule has 0 aliphatic carbocycles. The molecule has 0 aromatic carbocycles. The zero-order valence-electron chi connectivity index (χ0n) is 8.39. The van der Waals surface area contributed by atoms with E-state index in [0.717, 1.165) is 0 Å². The van der Waals surface area contributed by atoms with Gasteiger partial charge in [0.25, 0.3) is 0 Å². The van der Waals surface area contributed by atoms with E-state index >= 15 is 0 Å². The third kappa shape index (κ3) is 521. The molecule has 0 aliphatic heterocycles. The zero-order valence-corrected chi connectivity index (χ0v) is 18.4. The Morgan fingerprint density at radius 2 is 0.778 bits per heavy atom. The minimum atomic E-state index is -4.92. The third-order valence-corrected chi connectivity index (χ3v) is 0. The van der Waals surface area contributed by atoms with Crippen LogP contribution in [0.25, 0.3) is 0 Å². The fourth-order valence-corrected chi connectivity index (χ4v) is 0. The molecule has 0 atom stereocenters. The van der Waals surface area contributed by atoms with E-state index in [0.29, 0.717) is 0 Å². The van der Waals surface area contributed by atoms with Gasteiger partial charge in [-0.15, -0.1) is 24.8 Å². The summed E-state index contributed by atoms with van der Waals surface area (Å²) in [5.41, 5.74) is 0. The maximum absolute atomic E-state index is 8.74. The van der Waals surface area contributed by atoms with Crippen LogP contribution in [0.5, 0.6) is 0 Å². The van der Waals surface area contributed by atoms with Gasteiger partial charge in [0.15, 0.2) is 0 Å². The molecular weight excluding hydrogens is 391 g/mol. The second kappa shape index (κ2) is 32.5. The van der Waals surface area contributed by atoms with E-state index in [1.54, 1.807) is 0 Å². The van der Waals surface area contributed by atoms with Gasteiger partial charge in [0.2, 0.25) is 10.4 Å². The van der Waals surface area contributed by atoms with Gasteiger partial charge in [-0.3, -0.25) is 13.7 Å². The molecule has 105 valence electrons. The van der Waals surface area contributed by atoms with Gasteiger partial charge in [0, 0.05) is 29.6 Å². The van der Waals surface area contributed by atoms with Crippen LogP contribution in [0.2, 0.25) is 0 Å². The van der Waals surface area contributed by atoms with E-state index in [2.05, 4.69) is 0 Å². The van der Waals surface area contributed by atoms with Crippen molar-refractivity contribution >= 4 is 75.2 Å². The maximum atomic E-state index is 8.74. The minimum Gasteiger partial charge on any atom is -1.00 e. The summed E-state index contributed by atoms with van der Waals surface area (Å²) in [5.74, 6) is 0. The minimum absolute atomic E-state index is 0. The Hall–Kier alpha value is 3.61. The van der Waals surface area contributed by atoms with E-state index in [1.807, 2.05) is 0 Å². The van der Waals surface area contributed by atoms with Crippen LogP contribution < -0.4 is 71.5 Å². The Bertz CT molecular complexity index is 234. The molecule has 8 nitrogen and oxygen atoms in total. The van der Waals surface area contributed by atoms with Crippen molar-refractivity contribution in [2.75, 3.05) is 0 Å². The molecule has 0 fully saturated rings. The first-order chi connectivity index (χ1) is 4.00. The van der Waals surface area contributed by atoms with Crippen molar-refractivity contribution in [1.82, 2.24) is 0 Å². The summed E-state index contributed by atoms with van der Waals surface area (Å²) in [4.78, 5) is 0. The first-order valence-corrected chi connectivity index (χ1v) is 4.14. The smallest absolute Gasteiger partial charge is 1.00 e. The molecule has 3 N–H and O–H groups in total. The Kier molecular flexibility index (Phi) is 123. The molecule has 0 heterocycles. The van der Waals surface area contributed by atoms with E-state index < -0.39 is 20.8 Å². The maximum Gasteiger partial charge on any atom is 1.00 e. The summed E-state index contributed by atoms with van der Waals surface area (Å²) in [5, 5.41) is 0. The molecule has 0 bridgehead atoms. The SMILES string of the molecule is C.C.Cl.Cl.O=S(=O)(O)O.O=S(=O)([O-])O.[Cl-].[Na+].[Na+].[Na]. The fraction of sp³-hybridized carbons (Fsp3) is 1.00. The first kappa shape index (κ1) is 68.1. The molecule has 0 aromatic heterocycles. The summed E-state index contributed by atoms with van der Waals surface area (Å²) in [6.45, 7) is 0. The molecule has 16 heteroatoms. The van der Waals surface area contributed by atoms with Gasteiger partial charge in [0.1, 0.15) is 0 Å². The quantitative estimate of drug-likeness (QED) is 0.204. The summed E-state index contributed by atoms with van der Waals surface area (Å²) in [6.07, 6.45) is 0. The first-order valence-electron chi connectivity index (χ1n) is 1.38. The van der Waals surface area contributed by atoms with Crippen molar-refractivity contribution in [1.29, 1.82) is 0 Å². The summed E-state index contributed by atoms with van der Waals surface area (Å²) in [7, 11) is -9.58. The molecule has 0 spiro atoms. The van der Waals surface area contributed by atoms with Gasteiger partial charge in [-0.05, 0) is 0 Å². The van der Waals surface area contributed by atoms with Crippen LogP contribution in [0.1, 0.15) is 14.9 Å². The summed E-state index contributed by atoms with van der Waals surface area (Å²) >= 11 is 0. The molecule has 18 heavy (non-hydrogen) atoms. The van der Waals surface area contributed by atoms with E-state index in [9.17, 15) is 0 Å². The van der Waals surface area contributed by atoms with Crippen LogP contribution >= 0.6 is 24.8 Å². The Labute approximate surface area is 193 Å². The van der Waals surface area contributed by atoms with Gasteiger partial charge in [-0.25, -0.2) is 8.42 Å². The molecule has 0 saturated heterocycles. The van der Waals surface area contributed by atoms with Crippen molar-refractivity contribution in [3.63, 3.8) is 0 Å². The molecule has 0 aliphatic rings. The van der Waals surface area contributed by atoms with Crippen molar-refractivity contribution < 1.29 is 107 Å². The van der Waals surface area contributed by atoms with Gasteiger partial charge in [0.05, 0.1) is 0 Å². The number of hydrogen-bond donors (Lipinski definition) is 3. The van der Waals surface area contributed by atoms with Gasteiger partial charge >= 0.3 is 69.5 Å². The molecule has 0 amide bonds. The van der Waals surface area contributed by atoms with Crippen LogP contribution in [-0.2, 0) is 20.8 Å². The van der Waals surface area contributed by atoms with Crippen LogP contribution in [-0.4, -0.2) is 64.6 Å². The van der Waals surface area contributed by atoms with Gasteiger partial charge in [-0.1, -0.05) is 14.9 Å². The normalized spacial score (nSPS) is 6.44. The monoisotopic (exact) mass is 403 g/mol. The largest absolute Gasteiger partial charge is 1.00 e. The summed E-state index contributed by atoms with van der Waals surface area (Å²) < 4.78 is 64.4. The molecule has 1 radical (unpaired) electrons. The third-order valence-electron chi connectivity index (χ3n) is 0. The topological polar surface area (TPSA) is 152 Å². The summed E-state index contributed by atoms with van der Waals surface area (Å²) in [6, 6.07) is 0. The van der Waals surface area contributed by atoms with Crippen molar-refractivity contribution in [2.45, 2.75) is 14.9 Å². The second-order valence-corrected chi connectivity index (χ2v) is 2.63. The van der Waals surface area contributed by atoms with Crippen molar-refractivity contribution in [2.24, 2.45) is 0 Å². The molecule has 0 rings (SSSR count). The molecule has 0 saturated carbocycles. The standard InChI is InChI=1S/2CH4.3ClH.3Na.2H2O4S/c;;;;;;;;2*1-5(2,3)4/h2*1H4;3*1H;;;;2*(H2,1,2,3,4)/q;;;;;;2*+1;;/p-2. The van der Waals surface area contributed by atoms with Crippen LogP contribution in [0.4, 0.5) is 0 Å². The number of halogens is 3. The fourth-order valence-electron chi connectivity index (χ4n) is 0. The zero-order chi connectivity index (χ0) is 9.00. The van der Waals surface area contributed by atoms with Gasteiger partial charge in [-0.2, -0.15) is 8.42 Å². The second-order valence-electron chi connectivity index (χ2n) is 0.876.